The van der Waals surface area contributed by atoms with Gasteiger partial charge in [0.15, 0.2) is 0 Å². The van der Waals surface area contributed by atoms with E-state index >= 15 is 0 Å². The van der Waals surface area contributed by atoms with Gasteiger partial charge in [-0.05, 0) is 45.0 Å². The first kappa shape index (κ1) is 14.1. The zero-order chi connectivity index (χ0) is 14.5. The molecule has 0 fully saturated rings. The van der Waals surface area contributed by atoms with Crippen LogP contribution in [0.4, 0.5) is 5.82 Å². The van der Waals surface area contributed by atoms with Crippen LogP contribution in [0.1, 0.15) is 29.9 Å². The van der Waals surface area contributed by atoms with Crippen LogP contribution in [-0.2, 0) is 0 Å². The van der Waals surface area contributed by atoms with Crippen LogP contribution in [0.3, 0.4) is 0 Å². The molecular formula is C16H18N2O2. The Kier molecular flexibility index (Phi) is 4.35. The predicted molar refractivity (Wildman–Crippen MR) is 79.1 cm³/mol. The molecule has 104 valence electrons. The fourth-order valence-electron chi connectivity index (χ4n) is 1.81. The Bertz CT molecular complexity index is 609. The summed E-state index contributed by atoms with van der Waals surface area (Å²) in [6, 6.07) is 12.7. The third-order valence-corrected chi connectivity index (χ3v) is 2.62. The van der Waals surface area contributed by atoms with Crippen molar-refractivity contribution in [3.63, 3.8) is 0 Å². The molecule has 0 spiro atoms. The Hall–Kier alpha value is -2.36. The fourth-order valence-corrected chi connectivity index (χ4v) is 1.81. The molecule has 0 radical (unpaired) electrons. The summed E-state index contributed by atoms with van der Waals surface area (Å²) in [4.78, 5) is 16.6. The summed E-state index contributed by atoms with van der Waals surface area (Å²) in [5, 5.41) is 2.78. The van der Waals surface area contributed by atoms with Gasteiger partial charge in [0, 0.05) is 5.69 Å². The van der Waals surface area contributed by atoms with Gasteiger partial charge < -0.3 is 10.1 Å². The van der Waals surface area contributed by atoms with E-state index in [4.69, 9.17) is 4.74 Å². The second-order valence-corrected chi connectivity index (χ2v) is 4.78. The molecule has 4 heteroatoms. The van der Waals surface area contributed by atoms with Crippen molar-refractivity contribution in [3.05, 3.63) is 53.7 Å². The molecule has 2 aromatic rings. The molecule has 1 amide bonds. The maximum atomic E-state index is 12.3. The first-order chi connectivity index (χ1) is 9.56. The number of nitrogens with zero attached hydrogens (tertiary/aromatic N) is 1. The van der Waals surface area contributed by atoms with Crippen molar-refractivity contribution < 1.29 is 9.53 Å². The molecule has 0 aliphatic carbocycles. The molecule has 1 aromatic carbocycles. The largest absolute Gasteiger partial charge is 0.490 e. The van der Waals surface area contributed by atoms with Gasteiger partial charge in [-0.1, -0.05) is 18.2 Å². The summed E-state index contributed by atoms with van der Waals surface area (Å²) in [5.74, 6) is 0.890. The minimum Gasteiger partial charge on any atom is -0.490 e. The van der Waals surface area contributed by atoms with Gasteiger partial charge in [-0.2, -0.15) is 0 Å². The Morgan fingerprint density at radius 3 is 2.60 bits per heavy atom. The molecule has 0 unspecified atom stereocenters. The first-order valence-corrected chi connectivity index (χ1v) is 6.57. The number of amides is 1. The van der Waals surface area contributed by atoms with Crippen LogP contribution < -0.4 is 10.1 Å². The van der Waals surface area contributed by atoms with E-state index in [0.717, 1.165) is 5.69 Å². The second kappa shape index (κ2) is 6.19. The third kappa shape index (κ3) is 3.57. The Morgan fingerprint density at radius 2 is 1.90 bits per heavy atom. The maximum absolute atomic E-state index is 12.3. The van der Waals surface area contributed by atoms with Crippen LogP contribution in [-0.4, -0.2) is 17.0 Å². The van der Waals surface area contributed by atoms with E-state index in [1.165, 1.54) is 0 Å². The zero-order valence-corrected chi connectivity index (χ0v) is 11.9. The van der Waals surface area contributed by atoms with Gasteiger partial charge in [-0.3, -0.25) is 4.79 Å². The van der Waals surface area contributed by atoms with Crippen LogP contribution in [0.2, 0.25) is 0 Å². The van der Waals surface area contributed by atoms with Crippen LogP contribution >= 0.6 is 0 Å². The molecule has 0 aliphatic rings. The van der Waals surface area contributed by atoms with Crippen molar-refractivity contribution in [1.82, 2.24) is 4.98 Å². The number of aryl methyl sites for hydroxylation is 1. The molecule has 0 bridgehead atoms. The number of para-hydroxylation sites is 1. The van der Waals surface area contributed by atoms with Gasteiger partial charge in [0.2, 0.25) is 0 Å². The number of benzene rings is 1. The van der Waals surface area contributed by atoms with Gasteiger partial charge in [0.25, 0.3) is 5.91 Å². The van der Waals surface area contributed by atoms with Crippen LogP contribution in [0, 0.1) is 6.92 Å². The first-order valence-electron chi connectivity index (χ1n) is 6.57. The molecule has 2 rings (SSSR count). The van der Waals surface area contributed by atoms with E-state index in [-0.39, 0.29) is 12.0 Å². The average Bonchev–Trinajstić information content (AvgIpc) is 2.38. The maximum Gasteiger partial charge on any atom is 0.260 e. The van der Waals surface area contributed by atoms with E-state index in [0.29, 0.717) is 17.1 Å². The van der Waals surface area contributed by atoms with Crippen molar-refractivity contribution in [3.8, 4) is 5.75 Å². The van der Waals surface area contributed by atoms with Crippen LogP contribution in [0.15, 0.2) is 42.5 Å². The minimum atomic E-state index is -0.223. The lowest BCUT2D eigenvalue weighted by Crippen LogP contribution is -2.16. The highest BCUT2D eigenvalue weighted by molar-refractivity contribution is 6.05. The highest BCUT2D eigenvalue weighted by Crippen LogP contribution is 2.20. The lowest BCUT2D eigenvalue weighted by atomic mass is 10.2. The lowest BCUT2D eigenvalue weighted by molar-refractivity contribution is 0.102. The number of hydrogen-bond acceptors (Lipinski definition) is 3. The molecule has 0 aliphatic heterocycles. The normalized spacial score (nSPS) is 10.4. The number of aromatic nitrogens is 1. The van der Waals surface area contributed by atoms with Gasteiger partial charge in [-0.25, -0.2) is 4.98 Å². The predicted octanol–water partition coefficient (Wildman–Crippen LogP) is 3.43. The Morgan fingerprint density at radius 1 is 1.15 bits per heavy atom. The van der Waals surface area contributed by atoms with Crippen molar-refractivity contribution >= 4 is 11.7 Å². The van der Waals surface area contributed by atoms with Crippen molar-refractivity contribution in [2.75, 3.05) is 5.32 Å². The van der Waals surface area contributed by atoms with Crippen molar-refractivity contribution in [2.45, 2.75) is 26.9 Å². The molecule has 20 heavy (non-hydrogen) atoms. The zero-order valence-electron chi connectivity index (χ0n) is 11.9. The monoisotopic (exact) mass is 270 g/mol. The quantitative estimate of drug-likeness (QED) is 0.926. The summed E-state index contributed by atoms with van der Waals surface area (Å²) < 4.78 is 5.65. The molecular weight excluding hydrogens is 252 g/mol. The number of carbonyl (C=O) groups is 1. The van der Waals surface area contributed by atoms with E-state index in [2.05, 4.69) is 10.3 Å². The number of anilines is 1. The number of carbonyl (C=O) groups excluding carboxylic acids is 1. The van der Waals surface area contributed by atoms with E-state index in [9.17, 15) is 4.79 Å². The summed E-state index contributed by atoms with van der Waals surface area (Å²) in [6.07, 6.45) is 0.0149. The Labute approximate surface area is 118 Å². The summed E-state index contributed by atoms with van der Waals surface area (Å²) in [5.41, 5.74) is 1.36. The molecule has 1 heterocycles. The molecule has 0 atom stereocenters. The van der Waals surface area contributed by atoms with Crippen LogP contribution in [0.5, 0.6) is 5.75 Å². The van der Waals surface area contributed by atoms with Gasteiger partial charge in [0.1, 0.15) is 11.6 Å². The average molecular weight is 270 g/mol. The van der Waals surface area contributed by atoms with Gasteiger partial charge in [-0.15, -0.1) is 0 Å². The van der Waals surface area contributed by atoms with E-state index in [1.54, 1.807) is 18.2 Å². The van der Waals surface area contributed by atoms with E-state index < -0.39 is 0 Å². The van der Waals surface area contributed by atoms with Gasteiger partial charge in [0.05, 0.1) is 11.7 Å². The topological polar surface area (TPSA) is 51.2 Å². The number of pyridine rings is 1. The van der Waals surface area contributed by atoms with Crippen molar-refractivity contribution in [1.29, 1.82) is 0 Å². The summed E-state index contributed by atoms with van der Waals surface area (Å²) >= 11 is 0. The summed E-state index contributed by atoms with van der Waals surface area (Å²) in [7, 11) is 0. The summed E-state index contributed by atoms with van der Waals surface area (Å²) in [6.45, 7) is 5.74. The third-order valence-electron chi connectivity index (χ3n) is 2.62. The standard InChI is InChI=1S/C16H18N2O2/c1-11(2)20-14-9-5-4-8-13(14)16(19)18-15-10-6-7-12(3)17-15/h4-11H,1-3H3,(H,17,18,19). The number of ether oxygens (including phenoxy) is 1. The highest BCUT2D eigenvalue weighted by atomic mass is 16.5. The molecule has 0 saturated carbocycles. The SMILES string of the molecule is Cc1cccc(NC(=O)c2ccccc2OC(C)C)n1. The smallest absolute Gasteiger partial charge is 0.260 e. The fraction of sp³-hybridized carbons (Fsp3) is 0.250. The second-order valence-electron chi connectivity index (χ2n) is 4.78. The van der Waals surface area contributed by atoms with Crippen LogP contribution in [0.25, 0.3) is 0 Å². The van der Waals surface area contributed by atoms with Gasteiger partial charge >= 0.3 is 0 Å². The molecule has 1 aromatic heterocycles. The number of rotatable bonds is 4. The van der Waals surface area contributed by atoms with Crippen molar-refractivity contribution in [2.24, 2.45) is 0 Å². The number of hydrogen-bond donors (Lipinski definition) is 1. The molecule has 0 saturated heterocycles. The minimum absolute atomic E-state index is 0.0149. The highest BCUT2D eigenvalue weighted by Gasteiger charge is 2.13. The number of nitrogens with one attached hydrogen (secondary N) is 1. The molecule has 1 N–H and O–H groups in total. The van der Waals surface area contributed by atoms with E-state index in [1.807, 2.05) is 45.0 Å². The Balaban J connectivity index is 2.21. The molecule has 4 nitrogen and oxygen atoms in total. The lowest BCUT2D eigenvalue weighted by Gasteiger charge is -2.13.